The molecule has 0 atom stereocenters. The normalized spacial score (nSPS) is 25.3. The van der Waals surface area contributed by atoms with Crippen molar-refractivity contribution in [2.45, 2.75) is 200 Å². The number of hydrogen-bond acceptors (Lipinski definition) is 15. The molecule has 4 aliphatic carbocycles. The van der Waals surface area contributed by atoms with Gasteiger partial charge in [-0.05, 0) is 139 Å². The van der Waals surface area contributed by atoms with Crippen LogP contribution in [0.4, 0.5) is 4.79 Å². The largest absolute Gasteiger partial charge is 0.462 e. The van der Waals surface area contributed by atoms with Gasteiger partial charge in [0.2, 0.25) is 0 Å². The minimum Gasteiger partial charge on any atom is -0.462 e. The summed E-state index contributed by atoms with van der Waals surface area (Å²) in [5, 5.41) is -0.177. The lowest BCUT2D eigenvalue weighted by Crippen LogP contribution is -2.33. The topological polar surface area (TPSA) is 181 Å². The van der Waals surface area contributed by atoms with Crippen LogP contribution < -0.4 is 0 Å². The Morgan fingerprint density at radius 1 is 0.417 bits per heavy atom. The van der Waals surface area contributed by atoms with Gasteiger partial charge in [-0.2, -0.15) is 0 Å². The zero-order valence-electron chi connectivity index (χ0n) is 45.2. The Kier molecular flexibility index (Phi) is 29.1. The second-order valence-corrected chi connectivity index (χ2v) is 23.8. The number of hydrogen-bond donors (Lipinski definition) is 0. The van der Waals surface area contributed by atoms with E-state index in [1.165, 1.54) is 11.8 Å². The number of ether oxygens (including phenoxy) is 6. The van der Waals surface area contributed by atoms with Gasteiger partial charge in [-0.3, -0.25) is 33.6 Å². The van der Waals surface area contributed by atoms with Crippen LogP contribution >= 0.6 is 11.8 Å². The number of carbonyl (C=O) groups excluding carboxylic acids is 7. The van der Waals surface area contributed by atoms with Gasteiger partial charge in [-0.1, -0.05) is 90.8 Å². The fraction of sp³-hybridized carbons (Fsp3) is 0.875. The highest BCUT2D eigenvalue weighted by Gasteiger charge is 2.29. The molecule has 4 saturated carbocycles. The molecule has 0 unspecified atom stereocenters. The van der Waals surface area contributed by atoms with E-state index in [1.807, 2.05) is 19.0 Å². The average Bonchev–Trinajstić information content (AvgIpc) is 3.34. The molecule has 4 rings (SSSR count). The van der Waals surface area contributed by atoms with Crippen LogP contribution in [0.25, 0.3) is 0 Å². The molecule has 4 aliphatic rings. The highest BCUT2D eigenvalue weighted by Crippen LogP contribution is 2.33. The second kappa shape index (κ2) is 34.2. The Hall–Kier alpha value is -3.40. The molecule has 0 N–H and O–H groups in total. The van der Waals surface area contributed by atoms with Crippen molar-refractivity contribution in [2.24, 2.45) is 47.3 Å². The molecular formula is C56H94N2O13S. The summed E-state index contributed by atoms with van der Waals surface area (Å²) in [5.41, 5.74) is 0. The third kappa shape index (κ3) is 26.7. The van der Waals surface area contributed by atoms with E-state index in [-0.39, 0.29) is 118 Å². The van der Waals surface area contributed by atoms with Crippen LogP contribution in [0.5, 0.6) is 0 Å². The van der Waals surface area contributed by atoms with Crippen LogP contribution in [0, 0.1) is 47.3 Å². The Morgan fingerprint density at radius 3 is 0.986 bits per heavy atom. The van der Waals surface area contributed by atoms with Gasteiger partial charge < -0.3 is 38.2 Å². The van der Waals surface area contributed by atoms with Gasteiger partial charge >= 0.3 is 35.8 Å². The van der Waals surface area contributed by atoms with E-state index in [0.717, 1.165) is 116 Å². The lowest BCUT2D eigenvalue weighted by Gasteiger charge is -2.26. The highest BCUT2D eigenvalue weighted by molar-refractivity contribution is 8.13. The first-order valence-corrected chi connectivity index (χ1v) is 29.1. The second-order valence-electron chi connectivity index (χ2n) is 22.7. The minimum absolute atomic E-state index is 0.0467. The van der Waals surface area contributed by atoms with E-state index in [4.69, 9.17) is 28.4 Å². The van der Waals surface area contributed by atoms with Crippen LogP contribution in [-0.2, 0) is 57.2 Å². The molecule has 412 valence electrons. The molecule has 0 aromatic heterocycles. The molecule has 1 amide bonds. The standard InChI is InChI=1S/C56H94N2O13S/c1-40-12-20-44(21-13-40)32-52(61)66-36-48(37-67-53(62)33-45-22-14-41(2)15-23-45)70-50(59)10-7-29-58(56(65)72-31-9-28-57(5)6)30-8-11-51(60)71-49(38-68-54(63)34-46-24-16-42(3)17-25-46)39-69-55(64)35-47-26-18-43(4)19-27-47/h40-49H,7-39H2,1-6H3. The summed E-state index contributed by atoms with van der Waals surface area (Å²) in [6.07, 6.45) is 16.9. The Balaban J connectivity index is 1.29. The molecule has 0 aromatic carbocycles. The van der Waals surface area contributed by atoms with E-state index in [9.17, 15) is 33.6 Å². The van der Waals surface area contributed by atoms with E-state index in [0.29, 0.717) is 55.1 Å². The summed E-state index contributed by atoms with van der Waals surface area (Å²) in [6.45, 7) is 9.25. The molecule has 0 radical (unpaired) electrons. The van der Waals surface area contributed by atoms with Crippen molar-refractivity contribution in [1.29, 1.82) is 0 Å². The zero-order chi connectivity index (χ0) is 52.3. The van der Waals surface area contributed by atoms with E-state index in [1.54, 1.807) is 4.90 Å². The van der Waals surface area contributed by atoms with Crippen LogP contribution in [0.3, 0.4) is 0 Å². The lowest BCUT2D eigenvalue weighted by atomic mass is 9.81. The van der Waals surface area contributed by atoms with Crippen LogP contribution in [0.1, 0.15) is 188 Å². The van der Waals surface area contributed by atoms with Crippen LogP contribution in [0.2, 0.25) is 0 Å². The van der Waals surface area contributed by atoms with Crippen molar-refractivity contribution in [3.8, 4) is 0 Å². The van der Waals surface area contributed by atoms with Crippen LogP contribution in [-0.4, -0.2) is 129 Å². The fourth-order valence-electron chi connectivity index (χ4n) is 10.5. The van der Waals surface area contributed by atoms with Gasteiger partial charge in [0, 0.05) is 57.4 Å². The van der Waals surface area contributed by atoms with Gasteiger partial charge in [0.1, 0.15) is 26.4 Å². The molecule has 0 aromatic rings. The van der Waals surface area contributed by atoms with Crippen molar-refractivity contribution in [3.05, 3.63) is 0 Å². The van der Waals surface area contributed by atoms with Gasteiger partial charge in [0.25, 0.3) is 5.24 Å². The van der Waals surface area contributed by atoms with Gasteiger partial charge in [0.15, 0.2) is 12.2 Å². The summed E-state index contributed by atoms with van der Waals surface area (Å²) in [6, 6.07) is 0. The van der Waals surface area contributed by atoms with Crippen LogP contribution in [0.15, 0.2) is 0 Å². The van der Waals surface area contributed by atoms with E-state index < -0.39 is 24.1 Å². The number of nitrogens with zero attached hydrogens (tertiary/aromatic N) is 2. The summed E-state index contributed by atoms with van der Waals surface area (Å²) in [4.78, 5) is 95.5. The first kappa shape index (κ1) is 61.1. The number of rotatable bonds is 30. The van der Waals surface area contributed by atoms with Crippen molar-refractivity contribution in [3.63, 3.8) is 0 Å². The first-order valence-electron chi connectivity index (χ1n) is 28.1. The van der Waals surface area contributed by atoms with Crippen molar-refractivity contribution >= 4 is 52.8 Å². The summed E-state index contributed by atoms with van der Waals surface area (Å²) >= 11 is 1.19. The first-order chi connectivity index (χ1) is 34.5. The number of amides is 1. The monoisotopic (exact) mass is 1030 g/mol. The molecule has 15 nitrogen and oxygen atoms in total. The Labute approximate surface area is 436 Å². The Morgan fingerprint density at radius 2 is 0.708 bits per heavy atom. The molecule has 0 bridgehead atoms. The lowest BCUT2D eigenvalue weighted by molar-refractivity contribution is -0.167. The molecular weight excluding hydrogens is 941 g/mol. The molecule has 0 saturated heterocycles. The third-order valence-electron chi connectivity index (χ3n) is 15.5. The Bertz CT molecular complexity index is 1450. The maximum absolute atomic E-state index is 13.6. The van der Waals surface area contributed by atoms with Gasteiger partial charge in [-0.25, -0.2) is 0 Å². The molecule has 16 heteroatoms. The highest BCUT2D eigenvalue weighted by atomic mass is 32.2. The predicted octanol–water partition coefficient (Wildman–Crippen LogP) is 10.5. The van der Waals surface area contributed by atoms with E-state index in [2.05, 4.69) is 27.7 Å². The third-order valence-corrected chi connectivity index (χ3v) is 16.5. The van der Waals surface area contributed by atoms with Gasteiger partial charge in [0.05, 0.1) is 0 Å². The average molecular weight is 1040 g/mol. The maximum atomic E-state index is 13.6. The minimum atomic E-state index is -0.975. The van der Waals surface area contributed by atoms with Crippen molar-refractivity contribution in [2.75, 3.05) is 65.9 Å². The number of esters is 6. The van der Waals surface area contributed by atoms with Crippen molar-refractivity contribution in [1.82, 2.24) is 9.80 Å². The van der Waals surface area contributed by atoms with Crippen molar-refractivity contribution < 1.29 is 62.0 Å². The number of thioether (sulfide) groups is 1. The fourth-order valence-corrected chi connectivity index (χ4v) is 11.3. The summed E-state index contributed by atoms with van der Waals surface area (Å²) in [5.74, 6) is 1.67. The summed E-state index contributed by atoms with van der Waals surface area (Å²) in [7, 11) is 3.94. The molecule has 0 spiro atoms. The number of carbonyl (C=O) groups is 7. The molecule has 0 aliphatic heterocycles. The summed E-state index contributed by atoms with van der Waals surface area (Å²) < 4.78 is 34.0. The SMILES string of the molecule is CC1CCC(CC(=O)OCC(COC(=O)CC2CCC(C)CC2)OC(=O)CCCN(CCCC(=O)OC(COC(=O)CC2CCC(C)CC2)COC(=O)CC2CCC(C)CC2)C(=O)SCCCN(C)C)CC1. The molecule has 72 heavy (non-hydrogen) atoms. The van der Waals surface area contributed by atoms with E-state index >= 15 is 0 Å². The predicted molar refractivity (Wildman–Crippen MR) is 278 cm³/mol. The molecule has 0 heterocycles. The maximum Gasteiger partial charge on any atom is 0.306 e. The quantitative estimate of drug-likeness (QED) is 0.0376. The zero-order valence-corrected chi connectivity index (χ0v) is 46.0. The molecule has 4 fully saturated rings. The smallest absolute Gasteiger partial charge is 0.306 e. The van der Waals surface area contributed by atoms with Gasteiger partial charge in [-0.15, -0.1) is 0 Å².